The fourth-order valence-electron chi connectivity index (χ4n) is 2.96. The third-order valence-corrected chi connectivity index (χ3v) is 4.47. The molecule has 0 aromatic rings. The Balaban J connectivity index is 2.79. The van der Waals surface area contributed by atoms with E-state index in [0.717, 1.165) is 38.5 Å². The summed E-state index contributed by atoms with van der Waals surface area (Å²) in [5.41, 5.74) is 0. The van der Waals surface area contributed by atoms with Gasteiger partial charge in [0.15, 0.2) is 0 Å². The van der Waals surface area contributed by atoms with Crippen LogP contribution in [-0.4, -0.2) is 62.1 Å². The molecule has 0 aromatic carbocycles. The molecule has 0 bridgehead atoms. The third kappa shape index (κ3) is 6.96. The zero-order valence-electron chi connectivity index (χ0n) is 16.0. The summed E-state index contributed by atoms with van der Waals surface area (Å²) in [6.07, 6.45) is 5.21. The number of aliphatic hydroxyl groups excluding tert-OH is 1. The van der Waals surface area contributed by atoms with Crippen molar-refractivity contribution in [2.45, 2.75) is 96.7 Å². The molecule has 1 heterocycles. The first kappa shape index (κ1) is 21.8. The normalized spacial score (nSPS) is 30.6. The van der Waals surface area contributed by atoms with Crippen LogP contribution in [0.1, 0.15) is 66.2 Å². The molecule has 5 heteroatoms. The van der Waals surface area contributed by atoms with Gasteiger partial charge in [-0.25, -0.2) is 0 Å². The summed E-state index contributed by atoms with van der Waals surface area (Å²) >= 11 is 0. The summed E-state index contributed by atoms with van der Waals surface area (Å²) in [7, 11) is 0. The second kappa shape index (κ2) is 13.1. The van der Waals surface area contributed by atoms with Gasteiger partial charge < -0.3 is 24.1 Å². The quantitative estimate of drug-likeness (QED) is 0.519. The van der Waals surface area contributed by atoms with Gasteiger partial charge in [-0.3, -0.25) is 0 Å². The Labute approximate surface area is 148 Å². The molecule has 1 aliphatic heterocycles. The molecule has 0 amide bonds. The molecule has 5 nitrogen and oxygen atoms in total. The molecule has 1 N–H and O–H groups in total. The molecule has 0 saturated carbocycles. The Morgan fingerprint density at radius 2 is 1.21 bits per heavy atom. The molecule has 24 heavy (non-hydrogen) atoms. The molecule has 0 spiro atoms. The molecule has 0 aromatic heterocycles. The van der Waals surface area contributed by atoms with Crippen LogP contribution < -0.4 is 0 Å². The van der Waals surface area contributed by atoms with Crippen LogP contribution in [-0.2, 0) is 18.9 Å². The second-order valence-corrected chi connectivity index (χ2v) is 6.63. The van der Waals surface area contributed by atoms with E-state index < -0.39 is 0 Å². The van der Waals surface area contributed by atoms with Crippen LogP contribution in [0.3, 0.4) is 0 Å². The first-order chi connectivity index (χ1) is 11.7. The second-order valence-electron chi connectivity index (χ2n) is 6.63. The molecule has 0 aliphatic carbocycles. The lowest BCUT2D eigenvalue weighted by Gasteiger charge is -2.45. The highest BCUT2D eigenvalue weighted by Crippen LogP contribution is 2.28. The summed E-state index contributed by atoms with van der Waals surface area (Å²) in [4.78, 5) is 0. The predicted molar refractivity (Wildman–Crippen MR) is 95.4 cm³/mol. The Kier molecular flexibility index (Phi) is 11.9. The van der Waals surface area contributed by atoms with E-state index in [1.165, 1.54) is 0 Å². The molecule has 144 valence electrons. The molecule has 1 rings (SSSR count). The van der Waals surface area contributed by atoms with E-state index in [-0.39, 0.29) is 37.1 Å². The van der Waals surface area contributed by atoms with Crippen LogP contribution in [0.15, 0.2) is 0 Å². The van der Waals surface area contributed by atoms with Crippen LogP contribution >= 0.6 is 0 Å². The SMILES string of the molecule is CCCCOC1[C@@H](OCCCC)[C@H](OCCCC)C(CO)O[C@@H]1C. The van der Waals surface area contributed by atoms with E-state index in [1.54, 1.807) is 0 Å². The van der Waals surface area contributed by atoms with E-state index in [1.807, 2.05) is 6.92 Å². The van der Waals surface area contributed by atoms with Crippen LogP contribution in [0.5, 0.6) is 0 Å². The number of rotatable bonds is 13. The Morgan fingerprint density at radius 3 is 1.67 bits per heavy atom. The summed E-state index contributed by atoms with van der Waals surface area (Å²) < 4.78 is 24.3. The predicted octanol–water partition coefficient (Wildman–Crippen LogP) is 3.32. The van der Waals surface area contributed by atoms with Crippen LogP contribution in [0.25, 0.3) is 0 Å². The highest BCUT2D eigenvalue weighted by molar-refractivity contribution is 4.94. The minimum absolute atomic E-state index is 0.0591. The maximum atomic E-state index is 9.72. The van der Waals surface area contributed by atoms with Crippen LogP contribution in [0, 0.1) is 0 Å². The monoisotopic (exact) mass is 346 g/mol. The Morgan fingerprint density at radius 1 is 0.750 bits per heavy atom. The lowest BCUT2D eigenvalue weighted by molar-refractivity contribution is -0.259. The topological polar surface area (TPSA) is 57.2 Å². The van der Waals surface area contributed by atoms with E-state index >= 15 is 0 Å². The first-order valence-electron chi connectivity index (χ1n) is 9.80. The van der Waals surface area contributed by atoms with Gasteiger partial charge in [0.05, 0.1) is 12.7 Å². The van der Waals surface area contributed by atoms with Crippen molar-refractivity contribution in [3.05, 3.63) is 0 Å². The van der Waals surface area contributed by atoms with E-state index in [4.69, 9.17) is 18.9 Å². The average Bonchev–Trinajstić information content (AvgIpc) is 2.58. The van der Waals surface area contributed by atoms with Crippen molar-refractivity contribution >= 4 is 0 Å². The van der Waals surface area contributed by atoms with Crippen molar-refractivity contribution in [2.75, 3.05) is 26.4 Å². The van der Waals surface area contributed by atoms with E-state index in [9.17, 15) is 5.11 Å². The Bertz CT molecular complexity index is 299. The molecular formula is C19H38O5. The fourth-order valence-corrected chi connectivity index (χ4v) is 2.96. The van der Waals surface area contributed by atoms with Gasteiger partial charge in [-0.15, -0.1) is 0 Å². The molecule has 1 aliphatic rings. The van der Waals surface area contributed by atoms with Crippen molar-refractivity contribution in [1.29, 1.82) is 0 Å². The van der Waals surface area contributed by atoms with Crippen molar-refractivity contribution in [3.63, 3.8) is 0 Å². The van der Waals surface area contributed by atoms with Crippen LogP contribution in [0.2, 0.25) is 0 Å². The van der Waals surface area contributed by atoms with Gasteiger partial charge in [0.25, 0.3) is 0 Å². The van der Waals surface area contributed by atoms with Gasteiger partial charge in [0.2, 0.25) is 0 Å². The Hall–Kier alpha value is -0.200. The standard InChI is InChI=1S/C19H38O5/c1-5-8-11-21-17-15(4)24-16(14-20)18(22-12-9-6-2)19(17)23-13-10-7-3/h15-20H,5-14H2,1-4H3/t15-,16?,17?,18-,19-/m1/s1. The number of hydrogen-bond acceptors (Lipinski definition) is 5. The lowest BCUT2D eigenvalue weighted by atomic mass is 9.95. The van der Waals surface area contributed by atoms with Gasteiger partial charge in [0, 0.05) is 19.8 Å². The minimum atomic E-state index is -0.352. The molecule has 5 atom stereocenters. The first-order valence-corrected chi connectivity index (χ1v) is 9.80. The molecule has 0 radical (unpaired) electrons. The maximum Gasteiger partial charge on any atom is 0.115 e. The molecule has 1 fully saturated rings. The number of unbranched alkanes of at least 4 members (excludes halogenated alkanes) is 3. The van der Waals surface area contributed by atoms with Crippen molar-refractivity contribution in [1.82, 2.24) is 0 Å². The summed E-state index contributed by atoms with van der Waals surface area (Å²) in [5, 5.41) is 9.72. The van der Waals surface area contributed by atoms with Gasteiger partial charge in [-0.2, -0.15) is 0 Å². The van der Waals surface area contributed by atoms with Crippen LogP contribution in [0.4, 0.5) is 0 Å². The third-order valence-electron chi connectivity index (χ3n) is 4.47. The van der Waals surface area contributed by atoms with Crippen molar-refractivity contribution < 1.29 is 24.1 Å². The summed E-state index contributed by atoms with van der Waals surface area (Å²) in [5.74, 6) is 0. The average molecular weight is 347 g/mol. The lowest BCUT2D eigenvalue weighted by Crippen LogP contribution is -2.60. The molecule has 2 unspecified atom stereocenters. The zero-order valence-corrected chi connectivity index (χ0v) is 16.0. The molecule has 1 saturated heterocycles. The summed E-state index contributed by atoms with van der Waals surface area (Å²) in [6, 6.07) is 0. The number of ether oxygens (including phenoxy) is 4. The van der Waals surface area contributed by atoms with Gasteiger partial charge in [0.1, 0.15) is 24.4 Å². The molecular weight excluding hydrogens is 308 g/mol. The van der Waals surface area contributed by atoms with Gasteiger partial charge >= 0.3 is 0 Å². The highest BCUT2D eigenvalue weighted by atomic mass is 16.6. The van der Waals surface area contributed by atoms with Gasteiger partial charge in [-0.05, 0) is 26.2 Å². The van der Waals surface area contributed by atoms with E-state index in [2.05, 4.69) is 20.8 Å². The minimum Gasteiger partial charge on any atom is -0.394 e. The zero-order chi connectivity index (χ0) is 17.8. The van der Waals surface area contributed by atoms with Gasteiger partial charge in [-0.1, -0.05) is 40.0 Å². The smallest absolute Gasteiger partial charge is 0.115 e. The van der Waals surface area contributed by atoms with E-state index in [0.29, 0.717) is 19.8 Å². The van der Waals surface area contributed by atoms with Crippen molar-refractivity contribution in [2.24, 2.45) is 0 Å². The largest absolute Gasteiger partial charge is 0.394 e. The maximum absolute atomic E-state index is 9.72. The number of aliphatic hydroxyl groups is 1. The highest BCUT2D eigenvalue weighted by Gasteiger charge is 2.46. The fraction of sp³-hybridized carbons (Fsp3) is 1.00. The number of hydrogen-bond donors (Lipinski definition) is 1. The van der Waals surface area contributed by atoms with Crippen molar-refractivity contribution in [3.8, 4) is 0 Å². The summed E-state index contributed by atoms with van der Waals surface area (Å²) in [6.45, 7) is 10.4.